The van der Waals surface area contributed by atoms with Crippen molar-refractivity contribution in [2.24, 2.45) is 0 Å². The zero-order valence-corrected chi connectivity index (χ0v) is 24.5. The van der Waals surface area contributed by atoms with E-state index in [0.29, 0.717) is 11.4 Å². The molecule has 5 aromatic carbocycles. The molecular weight excluding hydrogens is 538 g/mol. The highest BCUT2D eigenvalue weighted by molar-refractivity contribution is 6.11. The molecular formula is C40H29N3O. The number of furan rings is 1. The van der Waals surface area contributed by atoms with Gasteiger partial charge in [-0.3, -0.25) is 0 Å². The molecule has 3 aromatic heterocycles. The molecule has 0 radical (unpaired) electrons. The van der Waals surface area contributed by atoms with Crippen molar-refractivity contribution < 1.29 is 4.42 Å². The molecule has 8 rings (SSSR count). The Bertz CT molecular complexity index is 2390. The minimum atomic E-state index is 0.675. The number of benzene rings is 5. The van der Waals surface area contributed by atoms with Gasteiger partial charge >= 0.3 is 0 Å². The van der Waals surface area contributed by atoms with Gasteiger partial charge in [-0.25, -0.2) is 9.97 Å². The second kappa shape index (κ2) is 10.5. The first-order valence-corrected chi connectivity index (χ1v) is 14.9. The largest absolute Gasteiger partial charge is 0.452 e. The maximum absolute atomic E-state index is 6.32. The van der Waals surface area contributed by atoms with E-state index in [1.54, 1.807) is 0 Å². The molecule has 4 nitrogen and oxygen atoms in total. The molecule has 0 unspecified atom stereocenters. The fourth-order valence-corrected chi connectivity index (χ4v) is 6.11. The lowest BCUT2D eigenvalue weighted by Crippen LogP contribution is -1.95. The Hall–Kier alpha value is -5.74. The van der Waals surface area contributed by atoms with Gasteiger partial charge in [0.05, 0.1) is 11.0 Å². The van der Waals surface area contributed by atoms with Gasteiger partial charge in [0, 0.05) is 33.0 Å². The van der Waals surface area contributed by atoms with Crippen LogP contribution in [0.2, 0.25) is 0 Å². The zero-order valence-electron chi connectivity index (χ0n) is 24.5. The monoisotopic (exact) mass is 567 g/mol. The number of rotatable bonds is 5. The average Bonchev–Trinajstić information content (AvgIpc) is 3.63. The topological polar surface area (TPSA) is 43.9 Å². The number of para-hydroxylation sites is 2. The molecule has 0 amide bonds. The van der Waals surface area contributed by atoms with Crippen molar-refractivity contribution in [3.8, 4) is 28.3 Å². The minimum Gasteiger partial charge on any atom is -0.452 e. The summed E-state index contributed by atoms with van der Waals surface area (Å²) in [4.78, 5) is 10.2. The fourth-order valence-electron chi connectivity index (χ4n) is 6.11. The molecule has 0 atom stereocenters. The Balaban J connectivity index is 1.32. The van der Waals surface area contributed by atoms with Crippen molar-refractivity contribution >= 4 is 49.4 Å². The molecule has 3 heterocycles. The van der Waals surface area contributed by atoms with E-state index in [0.717, 1.165) is 55.4 Å². The van der Waals surface area contributed by atoms with Gasteiger partial charge in [-0.1, -0.05) is 91.0 Å². The maximum Gasteiger partial charge on any atom is 0.180 e. The molecule has 0 aliphatic rings. The lowest BCUT2D eigenvalue weighted by molar-refractivity contribution is 0.667. The summed E-state index contributed by atoms with van der Waals surface area (Å²) < 4.78 is 8.66. The van der Waals surface area contributed by atoms with E-state index in [-0.39, 0.29) is 0 Å². The minimum absolute atomic E-state index is 0.675. The first kappa shape index (κ1) is 25.9. The highest BCUT2D eigenvalue weighted by Gasteiger charge is 2.19. The molecule has 44 heavy (non-hydrogen) atoms. The van der Waals surface area contributed by atoms with E-state index in [4.69, 9.17) is 14.4 Å². The van der Waals surface area contributed by atoms with E-state index < -0.39 is 0 Å². The molecule has 0 N–H and O–H groups in total. The SMILES string of the molecule is CC=CC=C(C)c1ccc(-n2c3ccccc3c3cc(-c4nc(-c5ccccc5)c5oc6ccccc6c5n4)ccc32)cc1. The summed E-state index contributed by atoms with van der Waals surface area (Å²) in [6.45, 7) is 4.18. The van der Waals surface area contributed by atoms with Gasteiger partial charge in [0.2, 0.25) is 0 Å². The predicted octanol–water partition coefficient (Wildman–Crippen LogP) is 10.8. The Kier molecular flexibility index (Phi) is 6.20. The number of hydrogen-bond acceptors (Lipinski definition) is 3. The molecule has 0 bridgehead atoms. The van der Waals surface area contributed by atoms with E-state index in [1.165, 1.54) is 16.5 Å². The number of fused-ring (bicyclic) bond motifs is 6. The third kappa shape index (κ3) is 4.23. The molecule has 0 aliphatic carbocycles. The Labute approximate surface area is 255 Å². The first-order valence-electron chi connectivity index (χ1n) is 14.9. The second-order valence-corrected chi connectivity index (χ2v) is 11.0. The maximum atomic E-state index is 6.32. The summed E-state index contributed by atoms with van der Waals surface area (Å²) in [5.41, 5.74) is 11.0. The average molecular weight is 568 g/mol. The lowest BCUT2D eigenvalue weighted by Gasteiger charge is -2.10. The van der Waals surface area contributed by atoms with Crippen LogP contribution in [-0.4, -0.2) is 14.5 Å². The van der Waals surface area contributed by atoms with Gasteiger partial charge in [0.1, 0.15) is 16.8 Å². The summed E-state index contributed by atoms with van der Waals surface area (Å²) in [5, 5.41) is 3.34. The van der Waals surface area contributed by atoms with E-state index in [1.807, 2.05) is 49.4 Å². The standard InChI is InChI=1S/C40H29N3O/c1-3-4-12-26(2)27-19-22-30(23-20-27)43-34-17-10-8-15-31(34)33-25-29(21-24-35(33)43)40-41-37(28-13-6-5-7-14-28)39-38(42-40)32-16-9-11-18-36(32)44-39/h3-25H,1-2H3. The van der Waals surface area contributed by atoms with Crippen LogP contribution in [0.25, 0.3) is 77.8 Å². The van der Waals surface area contributed by atoms with Gasteiger partial charge in [0.15, 0.2) is 11.4 Å². The van der Waals surface area contributed by atoms with Crippen LogP contribution in [0.3, 0.4) is 0 Å². The van der Waals surface area contributed by atoms with Gasteiger partial charge in [-0.2, -0.15) is 0 Å². The Morgan fingerprint density at radius 1 is 0.682 bits per heavy atom. The number of hydrogen-bond donors (Lipinski definition) is 0. The molecule has 8 aromatic rings. The molecule has 0 spiro atoms. The van der Waals surface area contributed by atoms with Crippen LogP contribution in [0.1, 0.15) is 19.4 Å². The Morgan fingerprint density at radius 3 is 2.23 bits per heavy atom. The first-order chi connectivity index (χ1) is 21.7. The predicted molar refractivity (Wildman–Crippen MR) is 183 cm³/mol. The zero-order chi connectivity index (χ0) is 29.6. The fraction of sp³-hybridized carbons (Fsp3) is 0.0500. The van der Waals surface area contributed by atoms with Crippen LogP contribution in [0.4, 0.5) is 0 Å². The van der Waals surface area contributed by atoms with Crippen LogP contribution in [0.5, 0.6) is 0 Å². The van der Waals surface area contributed by atoms with E-state index >= 15 is 0 Å². The molecule has 0 fully saturated rings. The third-order valence-corrected chi connectivity index (χ3v) is 8.32. The van der Waals surface area contributed by atoms with Crippen LogP contribution >= 0.6 is 0 Å². The summed E-state index contributed by atoms with van der Waals surface area (Å²) in [6, 6.07) is 42.2. The van der Waals surface area contributed by atoms with Gasteiger partial charge in [-0.15, -0.1) is 0 Å². The second-order valence-electron chi connectivity index (χ2n) is 11.0. The number of nitrogens with zero attached hydrogens (tertiary/aromatic N) is 3. The number of allylic oxidation sites excluding steroid dienone is 4. The van der Waals surface area contributed by atoms with Crippen molar-refractivity contribution in [2.75, 3.05) is 0 Å². The van der Waals surface area contributed by atoms with Crippen LogP contribution in [-0.2, 0) is 0 Å². The smallest absolute Gasteiger partial charge is 0.180 e. The number of aromatic nitrogens is 3. The van der Waals surface area contributed by atoms with Crippen molar-refractivity contribution in [2.45, 2.75) is 13.8 Å². The van der Waals surface area contributed by atoms with Crippen LogP contribution in [0, 0.1) is 0 Å². The molecule has 0 aliphatic heterocycles. The quantitative estimate of drug-likeness (QED) is 0.194. The summed E-state index contributed by atoms with van der Waals surface area (Å²) in [5.74, 6) is 0.675. The van der Waals surface area contributed by atoms with Crippen molar-refractivity contribution in [1.29, 1.82) is 0 Å². The lowest BCUT2D eigenvalue weighted by atomic mass is 10.1. The highest BCUT2D eigenvalue weighted by Crippen LogP contribution is 2.38. The summed E-state index contributed by atoms with van der Waals surface area (Å²) >= 11 is 0. The van der Waals surface area contributed by atoms with Gasteiger partial charge in [0.25, 0.3) is 0 Å². The normalized spacial score (nSPS) is 12.4. The van der Waals surface area contributed by atoms with Crippen molar-refractivity contribution in [3.05, 3.63) is 145 Å². The molecule has 0 saturated heterocycles. The van der Waals surface area contributed by atoms with Crippen molar-refractivity contribution in [1.82, 2.24) is 14.5 Å². The highest BCUT2D eigenvalue weighted by atomic mass is 16.3. The van der Waals surface area contributed by atoms with Crippen LogP contribution in [0.15, 0.2) is 144 Å². The Morgan fingerprint density at radius 2 is 1.41 bits per heavy atom. The van der Waals surface area contributed by atoms with Crippen LogP contribution < -0.4 is 0 Å². The van der Waals surface area contributed by atoms with E-state index in [2.05, 4.69) is 109 Å². The van der Waals surface area contributed by atoms with Gasteiger partial charge < -0.3 is 8.98 Å². The summed E-state index contributed by atoms with van der Waals surface area (Å²) in [6.07, 6.45) is 6.27. The molecule has 4 heteroatoms. The van der Waals surface area contributed by atoms with Crippen molar-refractivity contribution in [3.63, 3.8) is 0 Å². The van der Waals surface area contributed by atoms with Gasteiger partial charge in [-0.05, 0) is 73.5 Å². The van der Waals surface area contributed by atoms with E-state index in [9.17, 15) is 0 Å². The third-order valence-electron chi connectivity index (χ3n) is 8.32. The summed E-state index contributed by atoms with van der Waals surface area (Å²) in [7, 11) is 0. The molecule has 210 valence electrons. The molecule has 0 saturated carbocycles.